The summed E-state index contributed by atoms with van der Waals surface area (Å²) in [6, 6.07) is 2.85. The number of halogens is 1. The largest absolute Gasteiger partial charge is 0.360 e. The molecule has 0 aliphatic heterocycles. The SMILES string of the molecule is Fc1cccnc1NCc1nn[nH]n1. The summed E-state index contributed by atoms with van der Waals surface area (Å²) in [4.78, 5) is 3.81. The van der Waals surface area contributed by atoms with Gasteiger partial charge in [-0.25, -0.2) is 9.37 Å². The van der Waals surface area contributed by atoms with E-state index in [0.717, 1.165) is 0 Å². The zero-order valence-corrected chi connectivity index (χ0v) is 7.11. The van der Waals surface area contributed by atoms with Gasteiger partial charge in [0.25, 0.3) is 0 Å². The van der Waals surface area contributed by atoms with Crippen molar-refractivity contribution >= 4 is 5.82 Å². The molecule has 72 valence electrons. The van der Waals surface area contributed by atoms with E-state index in [1.165, 1.54) is 18.3 Å². The van der Waals surface area contributed by atoms with E-state index < -0.39 is 5.82 Å². The van der Waals surface area contributed by atoms with Gasteiger partial charge in [0.15, 0.2) is 17.5 Å². The lowest BCUT2D eigenvalue weighted by Crippen LogP contribution is -2.04. The van der Waals surface area contributed by atoms with Crippen LogP contribution in [0.4, 0.5) is 10.2 Å². The van der Waals surface area contributed by atoms with E-state index >= 15 is 0 Å². The van der Waals surface area contributed by atoms with Crippen molar-refractivity contribution in [3.05, 3.63) is 30.0 Å². The molecule has 0 aromatic carbocycles. The summed E-state index contributed by atoms with van der Waals surface area (Å²) < 4.78 is 13.0. The van der Waals surface area contributed by atoms with Crippen LogP contribution in [0.25, 0.3) is 0 Å². The Labute approximate surface area is 78.6 Å². The highest BCUT2D eigenvalue weighted by atomic mass is 19.1. The highest BCUT2D eigenvalue weighted by Crippen LogP contribution is 2.08. The molecule has 0 atom stereocenters. The van der Waals surface area contributed by atoms with Gasteiger partial charge in [-0.05, 0) is 12.1 Å². The van der Waals surface area contributed by atoms with Crippen LogP contribution in [0, 0.1) is 5.82 Å². The van der Waals surface area contributed by atoms with Crippen LogP contribution < -0.4 is 5.32 Å². The fraction of sp³-hybridized carbons (Fsp3) is 0.143. The Morgan fingerprint density at radius 2 is 2.43 bits per heavy atom. The molecule has 0 saturated heterocycles. The van der Waals surface area contributed by atoms with Crippen LogP contribution in [0.1, 0.15) is 5.82 Å². The van der Waals surface area contributed by atoms with Crippen molar-refractivity contribution in [2.24, 2.45) is 0 Å². The minimum absolute atomic E-state index is 0.178. The van der Waals surface area contributed by atoms with Gasteiger partial charge >= 0.3 is 0 Å². The lowest BCUT2D eigenvalue weighted by atomic mass is 10.4. The second-order valence-electron chi connectivity index (χ2n) is 2.52. The van der Waals surface area contributed by atoms with Gasteiger partial charge in [0.05, 0.1) is 6.54 Å². The normalized spacial score (nSPS) is 10.1. The van der Waals surface area contributed by atoms with Gasteiger partial charge in [0.2, 0.25) is 0 Å². The zero-order chi connectivity index (χ0) is 9.80. The number of rotatable bonds is 3. The number of aromatic nitrogens is 5. The third-order valence-electron chi connectivity index (χ3n) is 1.56. The van der Waals surface area contributed by atoms with E-state index in [2.05, 4.69) is 30.9 Å². The van der Waals surface area contributed by atoms with Crippen molar-refractivity contribution in [3.63, 3.8) is 0 Å². The monoisotopic (exact) mass is 194 g/mol. The molecule has 0 radical (unpaired) electrons. The van der Waals surface area contributed by atoms with E-state index in [-0.39, 0.29) is 12.4 Å². The maximum Gasteiger partial charge on any atom is 0.193 e. The third-order valence-corrected chi connectivity index (χ3v) is 1.56. The average Bonchev–Trinajstić information content (AvgIpc) is 2.69. The molecule has 7 heteroatoms. The van der Waals surface area contributed by atoms with Gasteiger partial charge < -0.3 is 5.32 Å². The van der Waals surface area contributed by atoms with Gasteiger partial charge in [0.1, 0.15) is 0 Å². The molecule has 0 saturated carbocycles. The van der Waals surface area contributed by atoms with E-state index in [1.807, 2.05) is 0 Å². The second-order valence-corrected chi connectivity index (χ2v) is 2.52. The number of aromatic amines is 1. The lowest BCUT2D eigenvalue weighted by molar-refractivity contribution is 0.624. The Morgan fingerprint density at radius 1 is 1.50 bits per heavy atom. The minimum atomic E-state index is -0.406. The van der Waals surface area contributed by atoms with Crippen LogP contribution in [-0.2, 0) is 6.54 Å². The number of nitrogens with one attached hydrogen (secondary N) is 2. The van der Waals surface area contributed by atoms with Crippen molar-refractivity contribution in [1.29, 1.82) is 0 Å². The molecule has 2 N–H and O–H groups in total. The van der Waals surface area contributed by atoms with Gasteiger partial charge in [-0.3, -0.25) is 0 Å². The first kappa shape index (κ1) is 8.54. The first-order valence-electron chi connectivity index (χ1n) is 3.93. The number of pyridine rings is 1. The summed E-state index contributed by atoms with van der Waals surface area (Å²) in [6.45, 7) is 0.282. The first-order valence-corrected chi connectivity index (χ1v) is 3.93. The van der Waals surface area contributed by atoms with E-state index in [1.54, 1.807) is 0 Å². The Hall–Kier alpha value is -2.05. The maximum atomic E-state index is 13.0. The smallest absolute Gasteiger partial charge is 0.193 e. The molecule has 0 aliphatic rings. The molecule has 0 fully saturated rings. The molecule has 2 heterocycles. The molecular weight excluding hydrogens is 187 g/mol. The number of tetrazole rings is 1. The van der Waals surface area contributed by atoms with Gasteiger partial charge in [-0.2, -0.15) is 5.21 Å². The summed E-state index contributed by atoms with van der Waals surface area (Å²) in [5.74, 6) is 0.225. The molecule has 0 bridgehead atoms. The van der Waals surface area contributed by atoms with Crippen molar-refractivity contribution in [3.8, 4) is 0 Å². The van der Waals surface area contributed by atoms with E-state index in [9.17, 15) is 4.39 Å². The van der Waals surface area contributed by atoms with Crippen LogP contribution in [0.5, 0.6) is 0 Å². The topological polar surface area (TPSA) is 79.4 Å². The summed E-state index contributed by atoms with van der Waals surface area (Å²) >= 11 is 0. The van der Waals surface area contributed by atoms with Gasteiger partial charge in [0, 0.05) is 6.20 Å². The van der Waals surface area contributed by atoms with Crippen molar-refractivity contribution < 1.29 is 4.39 Å². The number of anilines is 1. The predicted octanol–water partition coefficient (Wildman–Crippen LogP) is 0.346. The molecule has 0 amide bonds. The van der Waals surface area contributed by atoms with Gasteiger partial charge in [-0.1, -0.05) is 5.21 Å². The number of hydrogen-bond donors (Lipinski definition) is 2. The predicted molar refractivity (Wildman–Crippen MR) is 45.7 cm³/mol. The summed E-state index contributed by atoms with van der Waals surface area (Å²) in [6.07, 6.45) is 1.50. The highest BCUT2D eigenvalue weighted by molar-refractivity contribution is 5.35. The second kappa shape index (κ2) is 3.77. The van der Waals surface area contributed by atoms with E-state index in [4.69, 9.17) is 0 Å². The molecule has 2 aromatic heterocycles. The van der Waals surface area contributed by atoms with Crippen LogP contribution in [0.15, 0.2) is 18.3 Å². The number of nitrogens with zero attached hydrogens (tertiary/aromatic N) is 4. The molecule has 6 nitrogen and oxygen atoms in total. The Morgan fingerprint density at radius 3 is 3.14 bits per heavy atom. The van der Waals surface area contributed by atoms with Crippen molar-refractivity contribution in [2.75, 3.05) is 5.32 Å². The zero-order valence-electron chi connectivity index (χ0n) is 7.11. The van der Waals surface area contributed by atoms with E-state index in [0.29, 0.717) is 5.82 Å². The highest BCUT2D eigenvalue weighted by Gasteiger charge is 2.02. The minimum Gasteiger partial charge on any atom is -0.360 e. The van der Waals surface area contributed by atoms with Crippen molar-refractivity contribution in [1.82, 2.24) is 25.6 Å². The Balaban J connectivity index is 2.02. The van der Waals surface area contributed by atoms with Crippen LogP contribution in [0.2, 0.25) is 0 Å². The van der Waals surface area contributed by atoms with Gasteiger partial charge in [-0.15, -0.1) is 10.2 Å². The fourth-order valence-corrected chi connectivity index (χ4v) is 0.936. The molecule has 0 unspecified atom stereocenters. The Bertz CT molecular complexity index is 400. The van der Waals surface area contributed by atoms with Crippen LogP contribution in [0.3, 0.4) is 0 Å². The lowest BCUT2D eigenvalue weighted by Gasteiger charge is -2.02. The molecule has 0 spiro atoms. The molecular formula is C7H7FN6. The number of hydrogen-bond acceptors (Lipinski definition) is 5. The van der Waals surface area contributed by atoms with Crippen molar-refractivity contribution in [2.45, 2.75) is 6.54 Å². The molecule has 2 aromatic rings. The quantitative estimate of drug-likeness (QED) is 0.736. The average molecular weight is 194 g/mol. The molecule has 0 aliphatic carbocycles. The Kier molecular flexibility index (Phi) is 2.30. The van der Waals surface area contributed by atoms with Crippen LogP contribution in [-0.4, -0.2) is 25.6 Å². The standard InChI is InChI=1S/C7H7FN6/c8-5-2-1-3-9-7(5)10-4-6-11-13-14-12-6/h1-3H,4H2,(H,9,10)(H,11,12,13,14). The van der Waals surface area contributed by atoms with Crippen LogP contribution >= 0.6 is 0 Å². The maximum absolute atomic E-state index is 13.0. The molecule has 2 rings (SSSR count). The third kappa shape index (κ3) is 1.82. The summed E-state index contributed by atoms with van der Waals surface area (Å²) in [7, 11) is 0. The number of H-pyrrole nitrogens is 1. The fourth-order valence-electron chi connectivity index (χ4n) is 0.936. The summed E-state index contributed by atoms with van der Waals surface area (Å²) in [5, 5.41) is 15.8. The molecule has 14 heavy (non-hydrogen) atoms. The summed E-state index contributed by atoms with van der Waals surface area (Å²) in [5.41, 5.74) is 0. The first-order chi connectivity index (χ1) is 6.86.